The predicted molar refractivity (Wildman–Crippen MR) is 86.9 cm³/mol. The van der Waals surface area contributed by atoms with Crippen LogP contribution in [0.4, 0.5) is 5.69 Å². The van der Waals surface area contributed by atoms with Crippen molar-refractivity contribution in [3.63, 3.8) is 0 Å². The molecule has 1 aliphatic heterocycles. The van der Waals surface area contributed by atoms with Crippen LogP contribution in [0.1, 0.15) is 6.92 Å². The molecule has 7 heteroatoms. The summed E-state index contributed by atoms with van der Waals surface area (Å²) in [5, 5.41) is 0. The van der Waals surface area contributed by atoms with Gasteiger partial charge in [-0.25, -0.2) is 8.42 Å². The van der Waals surface area contributed by atoms with E-state index in [1.807, 2.05) is 0 Å². The summed E-state index contributed by atoms with van der Waals surface area (Å²) in [7, 11) is -3.66. The van der Waals surface area contributed by atoms with Crippen LogP contribution in [0.25, 0.3) is 0 Å². The van der Waals surface area contributed by atoms with Gasteiger partial charge in [-0.05, 0) is 47.1 Å². The number of rotatable bonds is 4. The van der Waals surface area contributed by atoms with Crippen molar-refractivity contribution in [2.45, 2.75) is 11.8 Å². The molecule has 0 unspecified atom stereocenters. The van der Waals surface area contributed by atoms with Crippen molar-refractivity contribution < 1.29 is 17.9 Å². The van der Waals surface area contributed by atoms with E-state index in [4.69, 9.17) is 9.47 Å². The van der Waals surface area contributed by atoms with E-state index in [-0.39, 0.29) is 11.7 Å². The summed E-state index contributed by atoms with van der Waals surface area (Å²) in [6.07, 6.45) is 0. The second-order valence-corrected chi connectivity index (χ2v) is 7.32. The summed E-state index contributed by atoms with van der Waals surface area (Å²) >= 11 is 3.30. The summed E-state index contributed by atoms with van der Waals surface area (Å²) in [6.45, 7) is 2.25. The molecule has 0 saturated carbocycles. The molecular formula is C15H14BrNO4S. The third kappa shape index (κ3) is 2.55. The minimum atomic E-state index is -3.66. The van der Waals surface area contributed by atoms with Crippen LogP contribution in [0.15, 0.2) is 51.8 Å². The lowest BCUT2D eigenvalue weighted by molar-refractivity contribution is 0.174. The minimum Gasteiger partial charge on any atom is -0.454 e. The number of halogens is 1. The van der Waals surface area contributed by atoms with Crippen LogP contribution in [0, 0.1) is 0 Å². The van der Waals surface area contributed by atoms with Crippen molar-refractivity contribution in [2.24, 2.45) is 0 Å². The molecule has 2 aromatic carbocycles. The van der Waals surface area contributed by atoms with Gasteiger partial charge in [-0.2, -0.15) is 0 Å². The lowest BCUT2D eigenvalue weighted by Crippen LogP contribution is -2.31. The Balaban J connectivity index is 2.06. The Morgan fingerprint density at radius 1 is 1.14 bits per heavy atom. The van der Waals surface area contributed by atoms with E-state index >= 15 is 0 Å². The van der Waals surface area contributed by atoms with E-state index in [0.717, 1.165) is 0 Å². The second kappa shape index (κ2) is 5.81. The first kappa shape index (κ1) is 15.2. The molecule has 5 nitrogen and oxygen atoms in total. The molecule has 0 fully saturated rings. The van der Waals surface area contributed by atoms with Crippen LogP contribution in [0.2, 0.25) is 0 Å². The number of ether oxygens (including phenoxy) is 2. The molecule has 0 saturated heterocycles. The van der Waals surface area contributed by atoms with E-state index < -0.39 is 10.0 Å². The van der Waals surface area contributed by atoms with Gasteiger partial charge in [0, 0.05) is 17.1 Å². The Kier molecular flexibility index (Phi) is 4.01. The Hall–Kier alpha value is -1.73. The number of nitrogens with zero attached hydrogens (tertiary/aromatic N) is 1. The topological polar surface area (TPSA) is 55.8 Å². The van der Waals surface area contributed by atoms with E-state index in [2.05, 4.69) is 15.9 Å². The summed E-state index contributed by atoms with van der Waals surface area (Å²) in [6, 6.07) is 11.9. The highest BCUT2D eigenvalue weighted by molar-refractivity contribution is 9.10. The fourth-order valence-corrected chi connectivity index (χ4v) is 4.74. The average Bonchev–Trinajstić information content (AvgIpc) is 2.95. The molecule has 0 amide bonds. The number of hydrogen-bond acceptors (Lipinski definition) is 4. The SMILES string of the molecule is CCN(c1ccc2c(c1)OCO2)S(=O)(=O)c1ccccc1Br. The number of benzene rings is 2. The third-order valence-corrected chi connectivity index (χ3v) is 6.25. The van der Waals surface area contributed by atoms with Gasteiger partial charge in [-0.1, -0.05) is 12.1 Å². The van der Waals surface area contributed by atoms with Gasteiger partial charge in [0.1, 0.15) is 4.90 Å². The monoisotopic (exact) mass is 383 g/mol. The Morgan fingerprint density at radius 2 is 1.86 bits per heavy atom. The van der Waals surface area contributed by atoms with E-state index in [9.17, 15) is 8.42 Å². The molecule has 1 heterocycles. The average molecular weight is 384 g/mol. The fraction of sp³-hybridized carbons (Fsp3) is 0.200. The van der Waals surface area contributed by atoms with Crippen LogP contribution in [-0.4, -0.2) is 21.8 Å². The van der Waals surface area contributed by atoms with Gasteiger partial charge in [0.25, 0.3) is 10.0 Å². The standard InChI is InChI=1S/C15H14BrNO4S/c1-2-17(11-7-8-13-14(9-11)21-10-20-13)22(18,19)15-6-4-3-5-12(15)16/h3-9H,2,10H2,1H3. The van der Waals surface area contributed by atoms with Crippen molar-refractivity contribution in [3.05, 3.63) is 46.9 Å². The highest BCUT2D eigenvalue weighted by Gasteiger charge is 2.27. The number of sulfonamides is 1. The molecule has 3 rings (SSSR count). The van der Waals surface area contributed by atoms with Crippen LogP contribution < -0.4 is 13.8 Å². The largest absolute Gasteiger partial charge is 0.454 e. The first-order chi connectivity index (χ1) is 10.5. The van der Waals surface area contributed by atoms with Crippen molar-refractivity contribution in [1.82, 2.24) is 0 Å². The Bertz CT molecular complexity index is 807. The number of fused-ring (bicyclic) bond motifs is 1. The Labute approximate surface area is 137 Å². The molecule has 0 bridgehead atoms. The summed E-state index contributed by atoms with van der Waals surface area (Å²) in [4.78, 5) is 0.231. The van der Waals surface area contributed by atoms with Crippen LogP contribution >= 0.6 is 15.9 Å². The van der Waals surface area contributed by atoms with Gasteiger partial charge in [0.2, 0.25) is 6.79 Å². The zero-order valence-electron chi connectivity index (χ0n) is 11.8. The quantitative estimate of drug-likeness (QED) is 0.811. The van der Waals surface area contributed by atoms with Crippen LogP contribution in [0.5, 0.6) is 11.5 Å². The third-order valence-electron chi connectivity index (χ3n) is 3.34. The summed E-state index contributed by atoms with van der Waals surface area (Å²) in [5.41, 5.74) is 0.544. The number of hydrogen-bond donors (Lipinski definition) is 0. The minimum absolute atomic E-state index is 0.155. The molecule has 0 N–H and O–H groups in total. The van der Waals surface area contributed by atoms with E-state index in [1.165, 1.54) is 4.31 Å². The van der Waals surface area contributed by atoms with E-state index in [1.54, 1.807) is 49.4 Å². The van der Waals surface area contributed by atoms with Gasteiger partial charge < -0.3 is 9.47 Å². The molecular weight excluding hydrogens is 370 g/mol. The molecule has 2 aromatic rings. The summed E-state index contributed by atoms with van der Waals surface area (Å²) < 4.78 is 38.3. The number of anilines is 1. The molecule has 0 spiro atoms. The predicted octanol–water partition coefficient (Wildman–Crippen LogP) is 3.39. The first-order valence-corrected chi connectivity index (χ1v) is 8.94. The highest BCUT2D eigenvalue weighted by Crippen LogP contribution is 2.37. The van der Waals surface area contributed by atoms with E-state index in [0.29, 0.717) is 28.2 Å². The lowest BCUT2D eigenvalue weighted by Gasteiger charge is -2.23. The van der Waals surface area contributed by atoms with Crippen molar-refractivity contribution in [2.75, 3.05) is 17.6 Å². The molecule has 1 aliphatic rings. The van der Waals surface area contributed by atoms with Gasteiger partial charge >= 0.3 is 0 Å². The van der Waals surface area contributed by atoms with Crippen molar-refractivity contribution >= 4 is 31.6 Å². The maximum Gasteiger partial charge on any atom is 0.265 e. The fourth-order valence-electron chi connectivity index (χ4n) is 2.30. The van der Waals surface area contributed by atoms with Gasteiger partial charge in [0.05, 0.1) is 5.69 Å². The normalized spacial score (nSPS) is 13.2. The molecule has 0 radical (unpaired) electrons. The molecule has 0 aromatic heterocycles. The maximum atomic E-state index is 12.9. The van der Waals surface area contributed by atoms with Gasteiger partial charge in [-0.15, -0.1) is 0 Å². The molecule has 116 valence electrons. The smallest absolute Gasteiger partial charge is 0.265 e. The zero-order chi connectivity index (χ0) is 15.7. The molecule has 22 heavy (non-hydrogen) atoms. The zero-order valence-corrected chi connectivity index (χ0v) is 14.2. The van der Waals surface area contributed by atoms with Crippen LogP contribution in [0.3, 0.4) is 0 Å². The van der Waals surface area contributed by atoms with Crippen molar-refractivity contribution in [3.8, 4) is 11.5 Å². The van der Waals surface area contributed by atoms with Crippen LogP contribution in [-0.2, 0) is 10.0 Å². The lowest BCUT2D eigenvalue weighted by atomic mass is 10.3. The molecule has 0 aliphatic carbocycles. The Morgan fingerprint density at radius 3 is 2.59 bits per heavy atom. The first-order valence-electron chi connectivity index (χ1n) is 6.71. The van der Waals surface area contributed by atoms with Crippen molar-refractivity contribution in [1.29, 1.82) is 0 Å². The second-order valence-electron chi connectivity index (χ2n) is 4.64. The summed E-state index contributed by atoms with van der Waals surface area (Å²) in [5.74, 6) is 1.18. The maximum absolute atomic E-state index is 12.9. The highest BCUT2D eigenvalue weighted by atomic mass is 79.9. The van der Waals surface area contributed by atoms with Gasteiger partial charge in [0.15, 0.2) is 11.5 Å². The van der Waals surface area contributed by atoms with Gasteiger partial charge in [-0.3, -0.25) is 4.31 Å². The molecule has 0 atom stereocenters.